The minimum atomic E-state index is -5.11. The molecule has 2 atom stereocenters. The van der Waals surface area contributed by atoms with Gasteiger partial charge < -0.3 is 0 Å². The molecule has 2 aliphatic carbocycles. The van der Waals surface area contributed by atoms with Crippen molar-refractivity contribution in [3.63, 3.8) is 0 Å². The summed E-state index contributed by atoms with van der Waals surface area (Å²) in [5.41, 5.74) is 15.3. The van der Waals surface area contributed by atoms with Crippen LogP contribution < -0.4 is 0 Å². The number of benzene rings is 7. The van der Waals surface area contributed by atoms with Gasteiger partial charge in [-0.05, 0) is 0 Å². The number of allylic oxidation sites excluding steroid dienone is 2. The van der Waals surface area contributed by atoms with Gasteiger partial charge >= 0.3 is 319 Å². The molecule has 0 nitrogen and oxygen atoms in total. The first-order chi connectivity index (χ1) is 25.2. The molecule has 4 heteroatoms. The monoisotopic (exact) mass is 805 g/mol. The molecule has 7 aromatic rings. The fourth-order valence-electron chi connectivity index (χ4n) is 9.64. The standard InChI is InChI=1S/C25H17.C21H17.C2H7Si.2ClH.Zr/c1-2-8-18(9-3-1)23-14-7-12-20-16-21(17-25(20)23)24-15-6-11-19-10-4-5-13-22(19)24;1-14-12-20-15(2)10-11-19(21(20)13-14)18-9-5-7-16-6-3-4-8-17(16)18;1-3-2;;;/h1-17H;3-13H,1-2H3;3H,1-2H3;2*1H;/q;;;;;+2/p-2. The Morgan fingerprint density at radius 3 is 1.77 bits per heavy atom. The van der Waals surface area contributed by atoms with Gasteiger partial charge in [0.15, 0.2) is 0 Å². The fraction of sp³-hybridized carbons (Fsp3) is 0.125. The summed E-state index contributed by atoms with van der Waals surface area (Å²) >= 11 is -5.11. The summed E-state index contributed by atoms with van der Waals surface area (Å²) in [5.74, 6) is -1.78. The Hall–Kier alpha value is -3.78. The zero-order chi connectivity index (χ0) is 35.8. The molecule has 0 bridgehead atoms. The Balaban J connectivity index is 1.33. The molecule has 0 fully saturated rings. The van der Waals surface area contributed by atoms with Crippen LogP contribution in [0.2, 0.25) is 13.1 Å². The first-order valence-electron chi connectivity index (χ1n) is 18.4. The van der Waals surface area contributed by atoms with E-state index in [4.69, 9.17) is 17.0 Å². The molecule has 2 unspecified atom stereocenters. The molecular formula is C48H41Cl2SiZr. The average Bonchev–Trinajstić information content (AvgIpc) is 3.75. The molecule has 0 N–H and O–H groups in total. The van der Waals surface area contributed by atoms with Crippen molar-refractivity contribution in [1.82, 2.24) is 0 Å². The van der Waals surface area contributed by atoms with Crippen LogP contribution in [-0.4, -0.2) is 5.92 Å². The Kier molecular flexibility index (Phi) is 8.29. The van der Waals surface area contributed by atoms with E-state index in [-0.39, 0.29) is 7.25 Å². The molecule has 0 spiro atoms. The van der Waals surface area contributed by atoms with Gasteiger partial charge in [0.1, 0.15) is 0 Å². The van der Waals surface area contributed by atoms with Crippen molar-refractivity contribution in [3.05, 3.63) is 185 Å². The van der Waals surface area contributed by atoms with Crippen LogP contribution in [0.3, 0.4) is 0 Å². The first-order valence-corrected chi connectivity index (χ1v) is 34.7. The molecule has 0 saturated carbocycles. The Bertz CT molecular complexity index is 2620. The van der Waals surface area contributed by atoms with E-state index in [9.17, 15) is 0 Å². The summed E-state index contributed by atoms with van der Waals surface area (Å²) < 4.78 is -0.0723. The second kappa shape index (κ2) is 12.7. The Morgan fingerprint density at radius 2 is 1.08 bits per heavy atom. The predicted molar refractivity (Wildman–Crippen MR) is 228 cm³/mol. The normalized spacial score (nSPS) is 17.5. The van der Waals surface area contributed by atoms with Crippen LogP contribution in [0, 0.1) is 6.92 Å². The van der Waals surface area contributed by atoms with Gasteiger partial charge in [0.25, 0.3) is 0 Å². The molecule has 0 aromatic heterocycles. The molecule has 0 heterocycles. The number of hydrogen-bond donors (Lipinski definition) is 0. The number of aryl methyl sites for hydroxylation is 1. The summed E-state index contributed by atoms with van der Waals surface area (Å²) in [6, 6.07) is 53.1. The molecule has 52 heavy (non-hydrogen) atoms. The molecule has 2 aliphatic rings. The summed E-state index contributed by atoms with van der Waals surface area (Å²) in [7, 11) is 17.8. The van der Waals surface area contributed by atoms with Crippen molar-refractivity contribution in [2.75, 3.05) is 0 Å². The minimum absolute atomic E-state index is 0.00363. The van der Waals surface area contributed by atoms with E-state index in [1.807, 2.05) is 0 Å². The molecule has 0 saturated heterocycles. The summed E-state index contributed by atoms with van der Waals surface area (Å²) in [5, 5.41) is 5.00. The van der Waals surface area contributed by atoms with E-state index in [0.717, 1.165) is 0 Å². The van der Waals surface area contributed by atoms with E-state index in [2.05, 4.69) is 185 Å². The molecule has 0 aliphatic heterocycles. The van der Waals surface area contributed by atoms with Gasteiger partial charge in [0, 0.05) is 0 Å². The van der Waals surface area contributed by atoms with Gasteiger partial charge in [0.05, 0.1) is 0 Å². The third kappa shape index (κ3) is 5.02. The second-order valence-corrected chi connectivity index (χ2v) is 57.7. The zero-order valence-electron chi connectivity index (χ0n) is 30.0. The predicted octanol–water partition coefficient (Wildman–Crippen LogP) is 14.4. The average molecular weight is 808 g/mol. The van der Waals surface area contributed by atoms with E-state index in [0.29, 0.717) is 0 Å². The first kappa shape index (κ1) is 34.0. The third-order valence-corrected chi connectivity index (χ3v) is 64.0. The van der Waals surface area contributed by atoms with Gasteiger partial charge in [-0.1, -0.05) is 0 Å². The van der Waals surface area contributed by atoms with E-state index < -0.39 is 21.5 Å². The molecule has 7 aromatic carbocycles. The van der Waals surface area contributed by atoms with Crippen molar-refractivity contribution in [2.45, 2.75) is 34.2 Å². The van der Waals surface area contributed by atoms with Gasteiger partial charge in [-0.25, -0.2) is 0 Å². The second-order valence-electron chi connectivity index (χ2n) is 15.2. The van der Waals surface area contributed by atoms with Crippen LogP contribution in [0.25, 0.3) is 61.5 Å². The van der Waals surface area contributed by atoms with Crippen LogP contribution in [0.5, 0.6) is 0 Å². The third-order valence-electron chi connectivity index (χ3n) is 12.2. The van der Waals surface area contributed by atoms with Gasteiger partial charge in [-0.15, -0.1) is 0 Å². The van der Waals surface area contributed by atoms with Gasteiger partial charge in [-0.2, -0.15) is 0 Å². The topological polar surface area (TPSA) is 0 Å². The van der Waals surface area contributed by atoms with Crippen LogP contribution in [0.4, 0.5) is 0 Å². The maximum atomic E-state index is 8.91. The number of halogens is 2. The molecule has 0 radical (unpaired) electrons. The SMILES string of the molecule is CC1=Cc2c(-c3cccc4ccccc34)ccc(C)c2[CH]1[Zr]([Cl])([Cl])([CH]1C(c2cccc3ccccc23)=Cc2c(-c3ccccc3)cccc21)[SiH](C)C. The molecular weight excluding hydrogens is 767 g/mol. The van der Waals surface area contributed by atoms with Crippen LogP contribution in [-0.2, 0) is 15.6 Å². The molecule has 0 amide bonds. The van der Waals surface area contributed by atoms with Crippen molar-refractivity contribution in [2.24, 2.45) is 0 Å². The van der Waals surface area contributed by atoms with E-state index in [1.54, 1.807) is 0 Å². The van der Waals surface area contributed by atoms with Crippen molar-refractivity contribution in [1.29, 1.82) is 0 Å². The fourth-order valence-corrected chi connectivity index (χ4v) is 41.2. The van der Waals surface area contributed by atoms with E-state index in [1.165, 1.54) is 88.3 Å². The maximum absolute atomic E-state index is 8.91. The van der Waals surface area contributed by atoms with Crippen LogP contribution >= 0.6 is 17.0 Å². The van der Waals surface area contributed by atoms with E-state index >= 15 is 0 Å². The summed E-state index contributed by atoms with van der Waals surface area (Å²) in [4.78, 5) is 0. The Labute approximate surface area is 316 Å². The quantitative estimate of drug-likeness (QED) is 0.147. The summed E-state index contributed by atoms with van der Waals surface area (Å²) in [6.07, 6.45) is 4.91. The van der Waals surface area contributed by atoms with Crippen molar-refractivity contribution in [3.8, 4) is 22.3 Å². The zero-order valence-corrected chi connectivity index (χ0v) is 35.1. The molecule has 9 rings (SSSR count). The van der Waals surface area contributed by atoms with Crippen molar-refractivity contribution < 1.29 is 15.6 Å². The summed E-state index contributed by atoms with van der Waals surface area (Å²) in [6.45, 7) is 9.47. The van der Waals surface area contributed by atoms with Crippen molar-refractivity contribution >= 4 is 62.2 Å². The number of hydrogen-bond acceptors (Lipinski definition) is 0. The van der Waals surface area contributed by atoms with Gasteiger partial charge in [-0.3, -0.25) is 0 Å². The van der Waals surface area contributed by atoms with Gasteiger partial charge in [0.2, 0.25) is 0 Å². The number of fused-ring (bicyclic) bond motifs is 4. The Morgan fingerprint density at radius 1 is 0.500 bits per heavy atom. The number of rotatable bonds is 6. The molecule has 255 valence electrons. The van der Waals surface area contributed by atoms with Crippen LogP contribution in [0.15, 0.2) is 151 Å². The van der Waals surface area contributed by atoms with Crippen LogP contribution in [0.1, 0.15) is 47.6 Å².